The van der Waals surface area contributed by atoms with Gasteiger partial charge in [0.05, 0.1) is 19.2 Å². The number of aromatic nitrogens is 3. The SMILES string of the molecule is COc1cc2ncnc(Cl)c2nc1OC1CCN(C(=O)OC(C)(C)C)C1. The number of hydrogen-bond donors (Lipinski definition) is 0. The summed E-state index contributed by atoms with van der Waals surface area (Å²) in [5.74, 6) is 0.746. The molecule has 9 heteroatoms. The number of ether oxygens (including phenoxy) is 3. The number of methoxy groups -OCH3 is 1. The average Bonchev–Trinajstić information content (AvgIpc) is 3.02. The molecule has 0 radical (unpaired) electrons. The van der Waals surface area contributed by atoms with E-state index in [2.05, 4.69) is 15.0 Å². The maximum absolute atomic E-state index is 12.2. The number of halogens is 1. The fourth-order valence-corrected chi connectivity index (χ4v) is 2.81. The minimum Gasteiger partial charge on any atom is -0.491 e. The van der Waals surface area contributed by atoms with Crippen LogP contribution in [0.1, 0.15) is 27.2 Å². The number of amides is 1. The van der Waals surface area contributed by atoms with Gasteiger partial charge < -0.3 is 19.1 Å². The van der Waals surface area contributed by atoms with E-state index in [-0.39, 0.29) is 17.4 Å². The normalized spacial score (nSPS) is 17.4. The quantitative estimate of drug-likeness (QED) is 0.756. The van der Waals surface area contributed by atoms with Gasteiger partial charge in [0.15, 0.2) is 10.9 Å². The number of rotatable bonds is 3. The van der Waals surface area contributed by atoms with Gasteiger partial charge in [0.25, 0.3) is 5.88 Å². The summed E-state index contributed by atoms with van der Waals surface area (Å²) in [5.41, 5.74) is 0.471. The lowest BCUT2D eigenvalue weighted by Gasteiger charge is -2.24. The first-order valence-electron chi connectivity index (χ1n) is 8.26. The van der Waals surface area contributed by atoms with Gasteiger partial charge >= 0.3 is 6.09 Å². The van der Waals surface area contributed by atoms with Crippen molar-refractivity contribution in [2.24, 2.45) is 0 Å². The molecule has 1 saturated heterocycles. The third-order valence-electron chi connectivity index (χ3n) is 3.79. The van der Waals surface area contributed by atoms with E-state index in [4.69, 9.17) is 25.8 Å². The topological polar surface area (TPSA) is 86.7 Å². The molecule has 0 aliphatic carbocycles. The molecule has 140 valence electrons. The fourth-order valence-electron chi connectivity index (χ4n) is 2.63. The molecule has 0 saturated carbocycles. The van der Waals surface area contributed by atoms with Gasteiger partial charge in [-0.25, -0.2) is 19.7 Å². The summed E-state index contributed by atoms with van der Waals surface area (Å²) >= 11 is 6.09. The molecule has 3 heterocycles. The lowest BCUT2D eigenvalue weighted by molar-refractivity contribution is 0.0274. The van der Waals surface area contributed by atoms with Crippen LogP contribution in [0.2, 0.25) is 5.15 Å². The van der Waals surface area contributed by atoms with Gasteiger partial charge in [-0.3, -0.25) is 0 Å². The van der Waals surface area contributed by atoms with E-state index in [0.717, 1.165) is 0 Å². The van der Waals surface area contributed by atoms with Gasteiger partial charge in [0.2, 0.25) is 0 Å². The molecule has 2 aromatic heterocycles. The Balaban J connectivity index is 1.75. The maximum atomic E-state index is 12.2. The van der Waals surface area contributed by atoms with Gasteiger partial charge in [-0.2, -0.15) is 0 Å². The van der Waals surface area contributed by atoms with Gasteiger partial charge in [-0.15, -0.1) is 0 Å². The second kappa shape index (κ2) is 7.11. The van der Waals surface area contributed by atoms with E-state index in [9.17, 15) is 4.79 Å². The number of fused-ring (bicyclic) bond motifs is 1. The third kappa shape index (κ3) is 4.07. The minimum atomic E-state index is -0.532. The lowest BCUT2D eigenvalue weighted by Crippen LogP contribution is -2.36. The molecule has 26 heavy (non-hydrogen) atoms. The molecule has 1 amide bonds. The Hall–Kier alpha value is -2.35. The second-order valence-corrected chi connectivity index (χ2v) is 7.34. The number of pyridine rings is 1. The molecule has 1 unspecified atom stereocenters. The van der Waals surface area contributed by atoms with Gasteiger partial charge in [0.1, 0.15) is 23.5 Å². The van der Waals surface area contributed by atoms with Crippen LogP contribution in [0.5, 0.6) is 11.6 Å². The number of carbonyl (C=O) groups is 1. The largest absolute Gasteiger partial charge is 0.491 e. The summed E-state index contributed by atoms with van der Waals surface area (Å²) in [6, 6.07) is 1.70. The molecule has 1 fully saturated rings. The standard InChI is InChI=1S/C17H21ClN4O4/c1-17(2,3)26-16(23)22-6-5-10(8-22)25-15-12(24-4)7-11-13(21-15)14(18)20-9-19-11/h7,9-10H,5-6,8H2,1-4H3. The van der Waals surface area contributed by atoms with Crippen LogP contribution in [0, 0.1) is 0 Å². The minimum absolute atomic E-state index is 0.218. The van der Waals surface area contributed by atoms with Crippen LogP contribution in [0.3, 0.4) is 0 Å². The highest BCUT2D eigenvalue weighted by Crippen LogP contribution is 2.32. The zero-order valence-electron chi connectivity index (χ0n) is 15.2. The van der Waals surface area contributed by atoms with Gasteiger partial charge in [-0.1, -0.05) is 11.6 Å². The van der Waals surface area contributed by atoms with Crippen LogP contribution in [0.15, 0.2) is 12.4 Å². The summed E-state index contributed by atoms with van der Waals surface area (Å²) in [6.07, 6.45) is 1.46. The predicted molar refractivity (Wildman–Crippen MR) is 95.7 cm³/mol. The number of hydrogen-bond acceptors (Lipinski definition) is 7. The van der Waals surface area contributed by atoms with E-state index in [1.54, 1.807) is 11.0 Å². The molecule has 0 bridgehead atoms. The summed E-state index contributed by atoms with van der Waals surface area (Å²) in [7, 11) is 1.53. The summed E-state index contributed by atoms with van der Waals surface area (Å²) < 4.78 is 16.7. The van der Waals surface area contributed by atoms with Crippen LogP contribution < -0.4 is 9.47 Å². The Morgan fingerprint density at radius 1 is 1.35 bits per heavy atom. The van der Waals surface area contributed by atoms with Gasteiger partial charge in [-0.05, 0) is 20.8 Å². The smallest absolute Gasteiger partial charge is 0.410 e. The molecule has 0 aromatic carbocycles. The van der Waals surface area contributed by atoms with Crippen LogP contribution in [-0.4, -0.2) is 57.8 Å². The van der Waals surface area contributed by atoms with Crippen LogP contribution in [0.25, 0.3) is 11.0 Å². The summed E-state index contributed by atoms with van der Waals surface area (Å²) in [5, 5.41) is 0.240. The molecule has 1 atom stereocenters. The van der Waals surface area contributed by atoms with Crippen LogP contribution in [0.4, 0.5) is 4.79 Å². The van der Waals surface area contributed by atoms with Crippen molar-refractivity contribution >= 4 is 28.7 Å². The Bertz CT molecular complexity index is 824. The first-order chi connectivity index (χ1) is 12.3. The zero-order chi connectivity index (χ0) is 18.9. The van der Waals surface area contributed by atoms with Crippen LogP contribution in [-0.2, 0) is 4.74 Å². The van der Waals surface area contributed by atoms with Crippen molar-refractivity contribution in [3.63, 3.8) is 0 Å². The Labute approximate surface area is 156 Å². The van der Waals surface area contributed by atoms with E-state index >= 15 is 0 Å². The first-order valence-corrected chi connectivity index (χ1v) is 8.64. The molecule has 0 N–H and O–H groups in total. The van der Waals surface area contributed by atoms with Crippen molar-refractivity contribution in [2.45, 2.75) is 38.9 Å². The molecule has 3 rings (SSSR count). The van der Waals surface area contributed by atoms with Crippen molar-refractivity contribution in [3.05, 3.63) is 17.5 Å². The second-order valence-electron chi connectivity index (χ2n) is 6.98. The molecule has 8 nitrogen and oxygen atoms in total. The van der Waals surface area contributed by atoms with Crippen LogP contribution >= 0.6 is 11.6 Å². The number of carbonyl (C=O) groups excluding carboxylic acids is 1. The fraction of sp³-hybridized carbons (Fsp3) is 0.529. The van der Waals surface area contributed by atoms with E-state index in [1.165, 1.54) is 13.4 Å². The molecular formula is C17H21ClN4O4. The molecule has 1 aliphatic rings. The highest BCUT2D eigenvalue weighted by Gasteiger charge is 2.31. The van der Waals surface area contributed by atoms with E-state index in [1.807, 2.05) is 20.8 Å². The zero-order valence-corrected chi connectivity index (χ0v) is 15.9. The van der Waals surface area contributed by atoms with Crippen molar-refractivity contribution < 1.29 is 19.0 Å². The summed E-state index contributed by atoms with van der Waals surface area (Å²) in [6.45, 7) is 6.48. The van der Waals surface area contributed by atoms with Crippen molar-refractivity contribution in [2.75, 3.05) is 20.2 Å². The number of nitrogens with zero attached hydrogens (tertiary/aromatic N) is 4. The third-order valence-corrected chi connectivity index (χ3v) is 4.07. The number of likely N-dealkylation sites (tertiary alicyclic amines) is 1. The van der Waals surface area contributed by atoms with Crippen molar-refractivity contribution in [1.82, 2.24) is 19.9 Å². The van der Waals surface area contributed by atoms with E-state index in [0.29, 0.717) is 42.2 Å². The maximum Gasteiger partial charge on any atom is 0.410 e. The van der Waals surface area contributed by atoms with Crippen molar-refractivity contribution in [1.29, 1.82) is 0 Å². The predicted octanol–water partition coefficient (Wildman–Crippen LogP) is 3.08. The Morgan fingerprint density at radius 3 is 2.81 bits per heavy atom. The highest BCUT2D eigenvalue weighted by molar-refractivity contribution is 6.33. The monoisotopic (exact) mass is 380 g/mol. The molecule has 1 aliphatic heterocycles. The molecular weight excluding hydrogens is 360 g/mol. The molecule has 0 spiro atoms. The van der Waals surface area contributed by atoms with E-state index < -0.39 is 5.60 Å². The van der Waals surface area contributed by atoms with Crippen molar-refractivity contribution in [3.8, 4) is 11.6 Å². The Kier molecular flexibility index (Phi) is 5.04. The lowest BCUT2D eigenvalue weighted by atomic mass is 10.2. The highest BCUT2D eigenvalue weighted by atomic mass is 35.5. The summed E-state index contributed by atoms with van der Waals surface area (Å²) in [4.78, 5) is 26.3. The van der Waals surface area contributed by atoms with Gasteiger partial charge in [0, 0.05) is 19.0 Å². The molecule has 2 aromatic rings. The Morgan fingerprint density at radius 2 is 2.12 bits per heavy atom. The first kappa shape index (κ1) is 18.4. The average molecular weight is 381 g/mol.